The van der Waals surface area contributed by atoms with Gasteiger partial charge < -0.3 is 10.0 Å². The zero-order chi connectivity index (χ0) is 24.2. The lowest BCUT2D eigenvalue weighted by Gasteiger charge is -2.37. The second-order valence-corrected chi connectivity index (χ2v) is 9.79. The largest absolute Gasteiger partial charge is 0.392 e. The maximum atomic E-state index is 13.8. The summed E-state index contributed by atoms with van der Waals surface area (Å²) in [4.78, 5) is 10.0. The van der Waals surface area contributed by atoms with Crippen molar-refractivity contribution in [2.45, 2.75) is 52.7 Å². The number of nitrogens with zero attached hydrogens (tertiary/aromatic N) is 3. The summed E-state index contributed by atoms with van der Waals surface area (Å²) in [7, 11) is 0. The van der Waals surface area contributed by atoms with Crippen LogP contribution in [0, 0.1) is 5.82 Å². The van der Waals surface area contributed by atoms with Crippen molar-refractivity contribution in [2.24, 2.45) is 0 Å². The Morgan fingerprint density at radius 1 is 0.824 bits per heavy atom. The van der Waals surface area contributed by atoms with Gasteiger partial charge in [0.1, 0.15) is 5.82 Å². The molecule has 34 heavy (non-hydrogen) atoms. The summed E-state index contributed by atoms with van der Waals surface area (Å²) in [5.74, 6) is 0.169. The first kappa shape index (κ1) is 24.4. The Morgan fingerprint density at radius 3 is 1.97 bits per heavy atom. The number of hydrogen-bond acceptors (Lipinski definition) is 4. The minimum absolute atomic E-state index is 0.0830. The number of benzene rings is 2. The molecular weight excluding hydrogens is 425 g/mol. The van der Waals surface area contributed by atoms with Gasteiger partial charge in [-0.15, -0.1) is 0 Å². The van der Waals surface area contributed by atoms with Crippen LogP contribution in [0.5, 0.6) is 0 Å². The van der Waals surface area contributed by atoms with Crippen LogP contribution in [0.2, 0.25) is 0 Å². The Kier molecular flexibility index (Phi) is 7.64. The number of pyridine rings is 1. The van der Waals surface area contributed by atoms with Gasteiger partial charge in [0.25, 0.3) is 0 Å². The summed E-state index contributed by atoms with van der Waals surface area (Å²) in [5, 5.41) is 10.5. The molecule has 1 aliphatic heterocycles. The second-order valence-electron chi connectivity index (χ2n) is 9.79. The molecule has 3 aromatic rings. The number of aliphatic hydroxyl groups is 1. The first-order valence-corrected chi connectivity index (χ1v) is 12.3. The Hall–Kier alpha value is -2.76. The van der Waals surface area contributed by atoms with Crippen LogP contribution in [-0.2, 0) is 13.2 Å². The molecule has 1 aromatic heterocycles. The van der Waals surface area contributed by atoms with E-state index in [0.717, 1.165) is 66.4 Å². The van der Waals surface area contributed by atoms with Gasteiger partial charge in [-0.3, -0.25) is 9.88 Å². The highest BCUT2D eigenvalue weighted by Gasteiger charge is 2.26. The maximum absolute atomic E-state index is 13.8. The number of piperazine rings is 1. The molecule has 1 aliphatic rings. The SMILES string of the molecule is CC(C)c1nc(C(C)C)c(CN2CCN(c3ccccc3)CC2)c(-c2ccc(F)cc2)c1CO. The smallest absolute Gasteiger partial charge is 0.123 e. The lowest BCUT2D eigenvalue weighted by Crippen LogP contribution is -2.46. The molecular formula is C29H36FN3O. The summed E-state index contributed by atoms with van der Waals surface area (Å²) in [6.07, 6.45) is 0. The molecule has 0 atom stereocenters. The van der Waals surface area contributed by atoms with Crippen molar-refractivity contribution in [3.05, 3.63) is 82.9 Å². The van der Waals surface area contributed by atoms with Gasteiger partial charge in [-0.05, 0) is 52.8 Å². The normalized spacial score (nSPS) is 14.9. The summed E-state index contributed by atoms with van der Waals surface area (Å²) >= 11 is 0. The summed E-state index contributed by atoms with van der Waals surface area (Å²) in [5.41, 5.74) is 7.26. The highest BCUT2D eigenvalue weighted by Crippen LogP contribution is 2.37. The minimum Gasteiger partial charge on any atom is -0.392 e. The first-order valence-electron chi connectivity index (χ1n) is 12.3. The van der Waals surface area contributed by atoms with Crippen LogP contribution in [-0.4, -0.2) is 41.2 Å². The fourth-order valence-corrected chi connectivity index (χ4v) is 4.97. The molecule has 0 aliphatic carbocycles. The third-order valence-corrected chi connectivity index (χ3v) is 6.72. The maximum Gasteiger partial charge on any atom is 0.123 e. The predicted molar refractivity (Wildman–Crippen MR) is 138 cm³/mol. The number of aromatic nitrogens is 1. The van der Waals surface area contributed by atoms with Crippen molar-refractivity contribution < 1.29 is 9.50 Å². The molecule has 0 radical (unpaired) electrons. The van der Waals surface area contributed by atoms with Gasteiger partial charge in [0.15, 0.2) is 0 Å². The van der Waals surface area contributed by atoms with Crippen LogP contribution in [0.15, 0.2) is 54.6 Å². The van der Waals surface area contributed by atoms with E-state index in [1.165, 1.54) is 17.8 Å². The standard InChI is InChI=1S/C29H36FN3O/c1-20(2)28-25(18-32-14-16-33(17-15-32)24-8-6-5-7-9-24)27(22-10-12-23(30)13-11-22)26(19-34)29(31-28)21(3)4/h5-13,20-21,34H,14-19H2,1-4H3. The Bertz CT molecular complexity index is 1090. The first-order chi connectivity index (χ1) is 16.4. The average Bonchev–Trinajstić information content (AvgIpc) is 2.85. The van der Waals surface area contributed by atoms with Crippen LogP contribution in [0.4, 0.5) is 10.1 Å². The topological polar surface area (TPSA) is 39.6 Å². The van der Waals surface area contributed by atoms with Crippen molar-refractivity contribution in [3.63, 3.8) is 0 Å². The Balaban J connectivity index is 1.73. The molecule has 0 bridgehead atoms. The highest BCUT2D eigenvalue weighted by atomic mass is 19.1. The van der Waals surface area contributed by atoms with Crippen molar-refractivity contribution in [2.75, 3.05) is 31.1 Å². The lowest BCUT2D eigenvalue weighted by atomic mass is 9.87. The van der Waals surface area contributed by atoms with Gasteiger partial charge in [0.2, 0.25) is 0 Å². The molecule has 0 unspecified atom stereocenters. The third-order valence-electron chi connectivity index (χ3n) is 6.72. The zero-order valence-electron chi connectivity index (χ0n) is 20.8. The number of halogens is 1. The quantitative estimate of drug-likeness (QED) is 0.472. The molecule has 4 nitrogen and oxygen atoms in total. The number of rotatable bonds is 7. The molecule has 180 valence electrons. The van der Waals surface area contributed by atoms with Crippen molar-refractivity contribution in [1.29, 1.82) is 0 Å². The van der Waals surface area contributed by atoms with Crippen LogP contribution in [0.3, 0.4) is 0 Å². The van der Waals surface area contributed by atoms with E-state index in [-0.39, 0.29) is 24.3 Å². The second kappa shape index (κ2) is 10.7. The van der Waals surface area contributed by atoms with E-state index in [1.807, 2.05) is 12.1 Å². The van der Waals surface area contributed by atoms with E-state index in [2.05, 4.69) is 67.8 Å². The summed E-state index contributed by atoms with van der Waals surface area (Å²) in [6, 6.07) is 17.2. The fraction of sp³-hybridized carbons (Fsp3) is 0.414. The molecule has 5 heteroatoms. The Morgan fingerprint density at radius 2 is 1.41 bits per heavy atom. The number of hydrogen-bond donors (Lipinski definition) is 1. The fourth-order valence-electron chi connectivity index (χ4n) is 4.97. The van der Waals surface area contributed by atoms with E-state index in [1.54, 1.807) is 0 Å². The van der Waals surface area contributed by atoms with Crippen LogP contribution >= 0.6 is 0 Å². The molecule has 1 saturated heterocycles. The lowest BCUT2D eigenvalue weighted by molar-refractivity contribution is 0.248. The van der Waals surface area contributed by atoms with E-state index in [4.69, 9.17) is 4.98 Å². The predicted octanol–water partition coefficient (Wildman–Crippen LogP) is 5.95. The molecule has 0 spiro atoms. The Labute approximate surface area is 203 Å². The van der Waals surface area contributed by atoms with E-state index >= 15 is 0 Å². The van der Waals surface area contributed by atoms with Crippen molar-refractivity contribution >= 4 is 5.69 Å². The molecule has 0 saturated carbocycles. The van der Waals surface area contributed by atoms with Crippen molar-refractivity contribution in [1.82, 2.24) is 9.88 Å². The monoisotopic (exact) mass is 461 g/mol. The van der Waals surface area contributed by atoms with Gasteiger partial charge >= 0.3 is 0 Å². The highest BCUT2D eigenvalue weighted by molar-refractivity contribution is 5.73. The molecule has 2 heterocycles. The van der Waals surface area contributed by atoms with Crippen LogP contribution in [0.1, 0.15) is 62.0 Å². The van der Waals surface area contributed by atoms with Gasteiger partial charge in [0.05, 0.1) is 6.61 Å². The molecule has 2 aromatic carbocycles. The van der Waals surface area contributed by atoms with Gasteiger partial charge in [-0.25, -0.2) is 4.39 Å². The minimum atomic E-state index is -0.255. The zero-order valence-corrected chi connectivity index (χ0v) is 20.8. The van der Waals surface area contributed by atoms with Crippen LogP contribution in [0.25, 0.3) is 11.1 Å². The molecule has 4 rings (SSSR count). The molecule has 1 N–H and O–H groups in total. The third kappa shape index (κ3) is 5.16. The molecule has 1 fully saturated rings. The van der Waals surface area contributed by atoms with Gasteiger partial charge in [-0.1, -0.05) is 58.0 Å². The van der Waals surface area contributed by atoms with Crippen molar-refractivity contribution in [3.8, 4) is 11.1 Å². The summed E-state index contributed by atoms with van der Waals surface area (Å²) in [6.45, 7) is 13.1. The van der Waals surface area contributed by atoms with Crippen LogP contribution < -0.4 is 4.90 Å². The number of anilines is 1. The van der Waals surface area contributed by atoms with E-state index < -0.39 is 0 Å². The average molecular weight is 462 g/mol. The molecule has 0 amide bonds. The van der Waals surface area contributed by atoms with Gasteiger partial charge in [-0.2, -0.15) is 0 Å². The van der Waals surface area contributed by atoms with E-state index in [0.29, 0.717) is 0 Å². The van der Waals surface area contributed by atoms with Gasteiger partial charge in [0, 0.05) is 55.4 Å². The summed E-state index contributed by atoms with van der Waals surface area (Å²) < 4.78 is 13.8. The number of aliphatic hydroxyl groups excluding tert-OH is 1. The number of para-hydroxylation sites is 1. The van der Waals surface area contributed by atoms with E-state index in [9.17, 15) is 9.50 Å².